The molecule has 7 nitrogen and oxygen atoms in total. The van der Waals surface area contributed by atoms with E-state index in [1.807, 2.05) is 18.2 Å². The molecular formula is C18H23N5O2. The molecular weight excluding hydrogens is 318 g/mol. The normalized spacial score (nSPS) is 17.0. The van der Waals surface area contributed by atoms with Crippen LogP contribution in [-0.4, -0.2) is 49.4 Å². The van der Waals surface area contributed by atoms with E-state index in [4.69, 9.17) is 4.74 Å². The van der Waals surface area contributed by atoms with Crippen LogP contribution in [0.4, 0.5) is 11.5 Å². The monoisotopic (exact) mass is 341 g/mol. The zero-order valence-electron chi connectivity index (χ0n) is 14.5. The SMILES string of the molecule is CNC(=O)c1ccc(NC2CCCN(c3ccccc3OC)C2)nn1. The summed E-state index contributed by atoms with van der Waals surface area (Å²) in [6, 6.07) is 11.8. The molecule has 2 aromatic rings. The van der Waals surface area contributed by atoms with Crippen molar-refractivity contribution in [1.82, 2.24) is 15.5 Å². The van der Waals surface area contributed by atoms with Gasteiger partial charge in [-0.2, -0.15) is 0 Å². The van der Waals surface area contributed by atoms with Crippen LogP contribution in [0, 0.1) is 0 Å². The highest BCUT2D eigenvalue weighted by Gasteiger charge is 2.22. The van der Waals surface area contributed by atoms with Gasteiger partial charge in [0.15, 0.2) is 5.69 Å². The van der Waals surface area contributed by atoms with Gasteiger partial charge in [0.05, 0.1) is 12.8 Å². The topological polar surface area (TPSA) is 79.4 Å². The molecule has 1 aliphatic rings. The molecule has 2 heterocycles. The lowest BCUT2D eigenvalue weighted by molar-refractivity contribution is 0.0957. The van der Waals surface area contributed by atoms with Gasteiger partial charge in [0, 0.05) is 26.2 Å². The van der Waals surface area contributed by atoms with Gasteiger partial charge in [0.25, 0.3) is 5.91 Å². The molecule has 0 spiro atoms. The number of hydrogen-bond acceptors (Lipinski definition) is 6. The number of amides is 1. The number of piperidine rings is 1. The molecule has 1 aromatic heterocycles. The third-order valence-electron chi connectivity index (χ3n) is 4.32. The fourth-order valence-electron chi connectivity index (χ4n) is 3.07. The summed E-state index contributed by atoms with van der Waals surface area (Å²) < 4.78 is 5.48. The Balaban J connectivity index is 1.66. The molecule has 0 saturated carbocycles. The second-order valence-corrected chi connectivity index (χ2v) is 5.98. The lowest BCUT2D eigenvalue weighted by atomic mass is 10.0. The van der Waals surface area contributed by atoms with E-state index in [1.54, 1.807) is 26.3 Å². The van der Waals surface area contributed by atoms with Gasteiger partial charge in [0.2, 0.25) is 0 Å². The van der Waals surface area contributed by atoms with E-state index < -0.39 is 0 Å². The van der Waals surface area contributed by atoms with Crippen LogP contribution in [-0.2, 0) is 0 Å². The van der Waals surface area contributed by atoms with Gasteiger partial charge in [-0.25, -0.2) is 0 Å². The molecule has 1 atom stereocenters. The minimum Gasteiger partial charge on any atom is -0.495 e. The van der Waals surface area contributed by atoms with Crippen molar-refractivity contribution in [2.45, 2.75) is 18.9 Å². The van der Waals surface area contributed by atoms with E-state index >= 15 is 0 Å². The highest BCUT2D eigenvalue weighted by molar-refractivity contribution is 5.91. The molecule has 0 radical (unpaired) electrons. The smallest absolute Gasteiger partial charge is 0.271 e. The summed E-state index contributed by atoms with van der Waals surface area (Å²) in [6.07, 6.45) is 2.14. The number of anilines is 2. The standard InChI is InChI=1S/C18H23N5O2/c1-19-18(24)14-9-10-17(22-21-14)20-13-6-5-11-23(12-13)15-7-3-4-8-16(15)25-2/h3-4,7-10,13H,5-6,11-12H2,1-2H3,(H,19,24)(H,20,22). The van der Waals surface area contributed by atoms with E-state index in [9.17, 15) is 4.79 Å². The number of nitrogens with one attached hydrogen (secondary N) is 2. The first-order valence-corrected chi connectivity index (χ1v) is 8.41. The third-order valence-corrected chi connectivity index (χ3v) is 4.32. The van der Waals surface area contributed by atoms with Crippen molar-refractivity contribution in [3.8, 4) is 5.75 Å². The third kappa shape index (κ3) is 3.99. The molecule has 1 fully saturated rings. The highest BCUT2D eigenvalue weighted by Crippen LogP contribution is 2.30. The van der Waals surface area contributed by atoms with Crippen molar-refractivity contribution >= 4 is 17.4 Å². The second-order valence-electron chi connectivity index (χ2n) is 5.98. The van der Waals surface area contributed by atoms with Crippen molar-refractivity contribution < 1.29 is 9.53 Å². The van der Waals surface area contributed by atoms with Crippen LogP contribution in [0.25, 0.3) is 0 Å². The van der Waals surface area contributed by atoms with E-state index in [2.05, 4.69) is 31.8 Å². The van der Waals surface area contributed by atoms with Gasteiger partial charge in [-0.05, 0) is 37.1 Å². The number of para-hydroxylation sites is 2. The first-order chi connectivity index (χ1) is 12.2. The summed E-state index contributed by atoms with van der Waals surface area (Å²) in [5.74, 6) is 1.33. The summed E-state index contributed by atoms with van der Waals surface area (Å²) >= 11 is 0. The predicted molar refractivity (Wildman–Crippen MR) is 97.3 cm³/mol. The second kappa shape index (κ2) is 7.83. The lowest BCUT2D eigenvalue weighted by Crippen LogP contribution is -2.42. The summed E-state index contributed by atoms with van der Waals surface area (Å²) in [4.78, 5) is 13.8. The van der Waals surface area contributed by atoms with Crippen molar-refractivity contribution in [1.29, 1.82) is 0 Å². The van der Waals surface area contributed by atoms with Crippen molar-refractivity contribution in [3.05, 3.63) is 42.1 Å². The number of methoxy groups -OCH3 is 1. The number of benzene rings is 1. The van der Waals surface area contributed by atoms with Crippen LogP contribution < -0.4 is 20.3 Å². The summed E-state index contributed by atoms with van der Waals surface area (Å²) in [6.45, 7) is 1.86. The zero-order chi connectivity index (χ0) is 17.6. The first kappa shape index (κ1) is 17.0. The number of ether oxygens (including phenoxy) is 1. The molecule has 0 bridgehead atoms. The average Bonchev–Trinajstić information content (AvgIpc) is 2.68. The van der Waals surface area contributed by atoms with Gasteiger partial charge in [-0.1, -0.05) is 12.1 Å². The molecule has 1 amide bonds. The molecule has 3 rings (SSSR count). The number of carbonyl (C=O) groups is 1. The molecule has 132 valence electrons. The molecule has 1 saturated heterocycles. The van der Waals surface area contributed by atoms with Gasteiger partial charge >= 0.3 is 0 Å². The Kier molecular flexibility index (Phi) is 5.33. The minimum absolute atomic E-state index is 0.237. The van der Waals surface area contributed by atoms with Crippen LogP contribution in [0.15, 0.2) is 36.4 Å². The van der Waals surface area contributed by atoms with Gasteiger partial charge in [-0.3, -0.25) is 4.79 Å². The van der Waals surface area contributed by atoms with Gasteiger partial charge in [-0.15, -0.1) is 10.2 Å². The Labute approximate surface area is 147 Å². The fraction of sp³-hybridized carbons (Fsp3) is 0.389. The molecule has 7 heteroatoms. The van der Waals surface area contributed by atoms with E-state index in [0.29, 0.717) is 11.5 Å². The maximum atomic E-state index is 11.5. The van der Waals surface area contributed by atoms with Gasteiger partial charge < -0.3 is 20.3 Å². The average molecular weight is 341 g/mol. The molecule has 2 N–H and O–H groups in total. The molecule has 1 unspecified atom stereocenters. The predicted octanol–water partition coefficient (Wildman–Crippen LogP) is 1.93. The molecule has 1 aromatic carbocycles. The number of nitrogens with zero attached hydrogens (tertiary/aromatic N) is 3. The summed E-state index contributed by atoms with van der Waals surface area (Å²) in [5.41, 5.74) is 1.42. The minimum atomic E-state index is -0.237. The van der Waals surface area contributed by atoms with E-state index in [-0.39, 0.29) is 11.9 Å². The summed E-state index contributed by atoms with van der Waals surface area (Å²) in [5, 5.41) is 14.0. The van der Waals surface area contributed by atoms with Crippen molar-refractivity contribution in [2.75, 3.05) is 37.5 Å². The Bertz CT molecular complexity index is 720. The van der Waals surface area contributed by atoms with Crippen molar-refractivity contribution in [2.24, 2.45) is 0 Å². The Hall–Kier alpha value is -2.83. The summed E-state index contributed by atoms with van der Waals surface area (Å²) in [7, 11) is 3.27. The largest absolute Gasteiger partial charge is 0.495 e. The van der Waals surface area contributed by atoms with Crippen molar-refractivity contribution in [3.63, 3.8) is 0 Å². The lowest BCUT2D eigenvalue weighted by Gasteiger charge is -2.35. The van der Waals surface area contributed by atoms with E-state index in [0.717, 1.165) is 37.4 Å². The molecule has 1 aliphatic heterocycles. The van der Waals surface area contributed by atoms with E-state index in [1.165, 1.54) is 0 Å². The Morgan fingerprint density at radius 1 is 1.24 bits per heavy atom. The molecule has 0 aliphatic carbocycles. The van der Waals surface area contributed by atoms with Crippen LogP contribution in [0.5, 0.6) is 5.75 Å². The Morgan fingerprint density at radius 3 is 2.80 bits per heavy atom. The number of carbonyl (C=O) groups excluding carboxylic acids is 1. The Morgan fingerprint density at radius 2 is 2.08 bits per heavy atom. The quantitative estimate of drug-likeness (QED) is 0.865. The molecule has 25 heavy (non-hydrogen) atoms. The maximum absolute atomic E-state index is 11.5. The van der Waals surface area contributed by atoms with Crippen LogP contribution in [0.3, 0.4) is 0 Å². The van der Waals surface area contributed by atoms with Crippen LogP contribution in [0.2, 0.25) is 0 Å². The van der Waals surface area contributed by atoms with Gasteiger partial charge in [0.1, 0.15) is 11.6 Å². The maximum Gasteiger partial charge on any atom is 0.271 e. The number of aromatic nitrogens is 2. The number of rotatable bonds is 5. The first-order valence-electron chi connectivity index (χ1n) is 8.41. The van der Waals surface area contributed by atoms with Crippen LogP contribution >= 0.6 is 0 Å². The van der Waals surface area contributed by atoms with Crippen LogP contribution in [0.1, 0.15) is 23.3 Å². The number of hydrogen-bond donors (Lipinski definition) is 2. The highest BCUT2D eigenvalue weighted by atomic mass is 16.5. The zero-order valence-corrected chi connectivity index (χ0v) is 14.5. The fourth-order valence-corrected chi connectivity index (χ4v) is 3.07.